The molecule has 0 spiro atoms. The molecule has 1 heteroatoms. The maximum absolute atomic E-state index is 6.23. The molecule has 0 amide bonds. The van der Waals surface area contributed by atoms with Crippen LogP contribution in [0.5, 0.6) is 0 Å². The van der Waals surface area contributed by atoms with Gasteiger partial charge in [-0.05, 0) is 53.7 Å². The van der Waals surface area contributed by atoms with Gasteiger partial charge in [-0.1, -0.05) is 50.6 Å². The SMILES string of the molecule is CC1(C)CC(c2ccccc2C2CCC2)=CC(N)C1. The second-order valence-corrected chi connectivity index (χ2v) is 7.12. The molecule has 19 heavy (non-hydrogen) atoms. The molecular formula is C18H25N. The first kappa shape index (κ1) is 12.9. The zero-order valence-corrected chi connectivity index (χ0v) is 12.2. The minimum atomic E-state index is 0.216. The molecule has 3 rings (SSSR count). The van der Waals surface area contributed by atoms with Crippen LogP contribution in [0, 0.1) is 5.41 Å². The van der Waals surface area contributed by atoms with Gasteiger partial charge in [0.15, 0.2) is 0 Å². The van der Waals surface area contributed by atoms with Crippen molar-refractivity contribution < 1.29 is 0 Å². The molecule has 2 N–H and O–H groups in total. The Morgan fingerprint density at radius 1 is 1.16 bits per heavy atom. The molecule has 1 aromatic carbocycles. The molecule has 1 aromatic rings. The average Bonchev–Trinajstić information content (AvgIpc) is 2.24. The Labute approximate surface area is 116 Å². The summed E-state index contributed by atoms with van der Waals surface area (Å²) in [6, 6.07) is 9.20. The molecular weight excluding hydrogens is 230 g/mol. The van der Waals surface area contributed by atoms with E-state index >= 15 is 0 Å². The van der Waals surface area contributed by atoms with Gasteiger partial charge in [0.1, 0.15) is 0 Å². The maximum atomic E-state index is 6.23. The van der Waals surface area contributed by atoms with E-state index in [9.17, 15) is 0 Å². The summed E-state index contributed by atoms with van der Waals surface area (Å²) < 4.78 is 0. The summed E-state index contributed by atoms with van der Waals surface area (Å²) in [5, 5.41) is 0. The number of allylic oxidation sites excluding steroid dienone is 1. The third-order valence-electron chi connectivity index (χ3n) is 4.72. The van der Waals surface area contributed by atoms with E-state index in [1.165, 1.54) is 30.4 Å². The lowest BCUT2D eigenvalue weighted by Crippen LogP contribution is -2.30. The molecule has 0 bridgehead atoms. The number of hydrogen-bond donors (Lipinski definition) is 1. The van der Waals surface area contributed by atoms with E-state index < -0.39 is 0 Å². The third-order valence-corrected chi connectivity index (χ3v) is 4.72. The summed E-state index contributed by atoms with van der Waals surface area (Å²) in [7, 11) is 0. The standard InChI is InChI=1S/C18H25N/c1-18(2)11-14(10-15(19)12-18)17-9-4-3-8-16(17)13-6-5-7-13/h3-4,8-10,13,15H,5-7,11-12,19H2,1-2H3. The molecule has 1 unspecified atom stereocenters. The summed E-state index contributed by atoms with van der Waals surface area (Å²) in [5.41, 5.74) is 11.1. The fourth-order valence-corrected chi connectivity index (χ4v) is 3.65. The lowest BCUT2D eigenvalue weighted by molar-refractivity contribution is 0.318. The van der Waals surface area contributed by atoms with Crippen LogP contribution in [-0.4, -0.2) is 6.04 Å². The van der Waals surface area contributed by atoms with E-state index in [4.69, 9.17) is 5.73 Å². The van der Waals surface area contributed by atoms with Crippen LogP contribution in [0.4, 0.5) is 0 Å². The van der Waals surface area contributed by atoms with Crippen molar-refractivity contribution in [2.75, 3.05) is 0 Å². The predicted octanol–water partition coefficient (Wildman–Crippen LogP) is 4.48. The summed E-state index contributed by atoms with van der Waals surface area (Å²) in [5.74, 6) is 0.790. The summed E-state index contributed by atoms with van der Waals surface area (Å²) in [6.45, 7) is 4.68. The zero-order chi connectivity index (χ0) is 13.5. The van der Waals surface area contributed by atoms with Gasteiger partial charge < -0.3 is 5.73 Å². The second-order valence-electron chi connectivity index (χ2n) is 7.12. The number of rotatable bonds is 2. The van der Waals surface area contributed by atoms with Gasteiger partial charge in [-0.15, -0.1) is 0 Å². The Balaban J connectivity index is 1.97. The van der Waals surface area contributed by atoms with Gasteiger partial charge in [0.2, 0.25) is 0 Å². The van der Waals surface area contributed by atoms with E-state index in [2.05, 4.69) is 44.2 Å². The van der Waals surface area contributed by atoms with Crippen LogP contribution in [0.1, 0.15) is 63.0 Å². The summed E-state index contributed by atoms with van der Waals surface area (Å²) in [4.78, 5) is 0. The molecule has 102 valence electrons. The van der Waals surface area contributed by atoms with Gasteiger partial charge in [0, 0.05) is 6.04 Å². The van der Waals surface area contributed by atoms with Crippen LogP contribution >= 0.6 is 0 Å². The molecule has 1 fully saturated rings. The Kier molecular flexibility index (Phi) is 3.26. The molecule has 1 saturated carbocycles. The largest absolute Gasteiger partial charge is 0.324 e. The quantitative estimate of drug-likeness (QED) is 0.828. The van der Waals surface area contributed by atoms with Gasteiger partial charge in [0.25, 0.3) is 0 Å². The van der Waals surface area contributed by atoms with Gasteiger partial charge in [-0.2, -0.15) is 0 Å². The monoisotopic (exact) mass is 255 g/mol. The molecule has 1 atom stereocenters. The summed E-state index contributed by atoms with van der Waals surface area (Å²) >= 11 is 0. The van der Waals surface area contributed by atoms with Crippen molar-refractivity contribution in [3.8, 4) is 0 Å². The normalized spacial score (nSPS) is 26.7. The topological polar surface area (TPSA) is 26.0 Å². The van der Waals surface area contributed by atoms with Crippen LogP contribution < -0.4 is 5.73 Å². The van der Waals surface area contributed by atoms with Gasteiger partial charge >= 0.3 is 0 Å². The van der Waals surface area contributed by atoms with Gasteiger partial charge in [0.05, 0.1) is 0 Å². The number of hydrogen-bond acceptors (Lipinski definition) is 1. The van der Waals surface area contributed by atoms with Crippen molar-refractivity contribution in [1.82, 2.24) is 0 Å². The highest BCUT2D eigenvalue weighted by Crippen LogP contribution is 2.44. The van der Waals surface area contributed by atoms with Crippen molar-refractivity contribution >= 4 is 5.57 Å². The molecule has 1 nitrogen and oxygen atoms in total. The van der Waals surface area contributed by atoms with E-state index in [1.807, 2.05) is 0 Å². The van der Waals surface area contributed by atoms with E-state index in [1.54, 1.807) is 5.56 Å². The Morgan fingerprint density at radius 3 is 2.53 bits per heavy atom. The van der Waals surface area contributed by atoms with Crippen molar-refractivity contribution in [2.24, 2.45) is 11.1 Å². The number of nitrogens with two attached hydrogens (primary N) is 1. The molecule has 0 aromatic heterocycles. The maximum Gasteiger partial charge on any atom is 0.0234 e. The Morgan fingerprint density at radius 2 is 1.89 bits per heavy atom. The van der Waals surface area contributed by atoms with Crippen LogP contribution in [0.15, 0.2) is 30.3 Å². The number of benzene rings is 1. The van der Waals surface area contributed by atoms with Crippen molar-refractivity contribution in [3.63, 3.8) is 0 Å². The molecule has 0 radical (unpaired) electrons. The highest BCUT2D eigenvalue weighted by Gasteiger charge is 2.30. The van der Waals surface area contributed by atoms with Crippen LogP contribution in [0.2, 0.25) is 0 Å². The third kappa shape index (κ3) is 2.62. The van der Waals surface area contributed by atoms with Gasteiger partial charge in [-0.3, -0.25) is 0 Å². The molecule has 2 aliphatic rings. The van der Waals surface area contributed by atoms with Crippen LogP contribution in [0.25, 0.3) is 5.57 Å². The molecule has 0 heterocycles. The zero-order valence-electron chi connectivity index (χ0n) is 12.2. The summed E-state index contributed by atoms with van der Waals surface area (Å²) in [6.07, 6.45) is 8.68. The van der Waals surface area contributed by atoms with Crippen molar-refractivity contribution in [3.05, 3.63) is 41.5 Å². The minimum Gasteiger partial charge on any atom is -0.324 e. The highest BCUT2D eigenvalue weighted by atomic mass is 14.6. The predicted molar refractivity (Wildman–Crippen MR) is 82.0 cm³/mol. The van der Waals surface area contributed by atoms with Gasteiger partial charge in [-0.25, -0.2) is 0 Å². The van der Waals surface area contributed by atoms with Crippen LogP contribution in [-0.2, 0) is 0 Å². The first-order valence-corrected chi connectivity index (χ1v) is 7.61. The first-order chi connectivity index (χ1) is 9.05. The lowest BCUT2D eigenvalue weighted by Gasteiger charge is -2.35. The Hall–Kier alpha value is -1.08. The molecule has 2 aliphatic carbocycles. The smallest absolute Gasteiger partial charge is 0.0234 e. The van der Waals surface area contributed by atoms with Crippen LogP contribution in [0.3, 0.4) is 0 Å². The second kappa shape index (κ2) is 4.79. The first-order valence-electron chi connectivity index (χ1n) is 7.61. The highest BCUT2D eigenvalue weighted by molar-refractivity contribution is 5.71. The fraction of sp³-hybridized carbons (Fsp3) is 0.556. The Bertz CT molecular complexity index is 494. The minimum absolute atomic E-state index is 0.216. The lowest BCUT2D eigenvalue weighted by atomic mass is 9.71. The van der Waals surface area contributed by atoms with E-state index in [0.29, 0.717) is 5.41 Å². The molecule has 0 saturated heterocycles. The molecule has 0 aliphatic heterocycles. The van der Waals surface area contributed by atoms with Crippen molar-refractivity contribution in [1.29, 1.82) is 0 Å². The van der Waals surface area contributed by atoms with E-state index in [0.717, 1.165) is 18.8 Å². The average molecular weight is 255 g/mol. The van der Waals surface area contributed by atoms with E-state index in [-0.39, 0.29) is 6.04 Å². The van der Waals surface area contributed by atoms with Crippen molar-refractivity contribution in [2.45, 2.75) is 57.9 Å². The fourth-order valence-electron chi connectivity index (χ4n) is 3.65.